The van der Waals surface area contributed by atoms with Gasteiger partial charge in [0.2, 0.25) is 0 Å². The zero-order valence-corrected chi connectivity index (χ0v) is 12.8. The van der Waals surface area contributed by atoms with Crippen molar-refractivity contribution in [2.24, 2.45) is 0 Å². The van der Waals surface area contributed by atoms with Crippen molar-refractivity contribution in [3.05, 3.63) is 63.2 Å². The topological polar surface area (TPSA) is 101 Å². The number of benzene rings is 2. The Kier molecular flexibility index (Phi) is 4.92. The molecule has 0 bridgehead atoms. The van der Waals surface area contributed by atoms with Gasteiger partial charge in [-0.15, -0.1) is 0 Å². The van der Waals surface area contributed by atoms with Crippen molar-refractivity contribution in [3.8, 4) is 0 Å². The van der Waals surface area contributed by atoms with E-state index in [1.807, 2.05) is 0 Å². The second-order valence-corrected chi connectivity index (χ2v) is 5.03. The molecule has 0 aliphatic carbocycles. The van der Waals surface area contributed by atoms with Crippen LogP contribution in [0.15, 0.2) is 42.5 Å². The van der Waals surface area contributed by atoms with Crippen LogP contribution in [0.5, 0.6) is 0 Å². The average Bonchev–Trinajstić information content (AvgIpc) is 2.52. The summed E-state index contributed by atoms with van der Waals surface area (Å²) in [6.45, 7) is 1.71. The van der Waals surface area contributed by atoms with Crippen LogP contribution in [0, 0.1) is 17.0 Å². The molecule has 7 nitrogen and oxygen atoms in total. The Balaban J connectivity index is 2.04. The van der Waals surface area contributed by atoms with Crippen LogP contribution in [0.1, 0.15) is 5.56 Å². The van der Waals surface area contributed by atoms with Gasteiger partial charge in [-0.2, -0.15) is 0 Å². The molecule has 0 aromatic heterocycles. The van der Waals surface area contributed by atoms with E-state index in [1.165, 1.54) is 24.3 Å². The number of nitrogens with zero attached hydrogens (tertiary/aromatic N) is 1. The van der Waals surface area contributed by atoms with Crippen LogP contribution >= 0.6 is 11.6 Å². The number of carbonyl (C=O) groups is 2. The second-order valence-electron chi connectivity index (χ2n) is 4.62. The van der Waals surface area contributed by atoms with Gasteiger partial charge in [0.15, 0.2) is 0 Å². The predicted octanol–water partition coefficient (Wildman–Crippen LogP) is 3.13. The van der Waals surface area contributed by atoms with E-state index < -0.39 is 16.7 Å². The lowest BCUT2D eigenvalue weighted by molar-refractivity contribution is -0.384. The zero-order valence-electron chi connectivity index (χ0n) is 12.0. The monoisotopic (exact) mass is 333 g/mol. The molecular formula is C15H12ClN3O4. The molecule has 23 heavy (non-hydrogen) atoms. The molecule has 0 aliphatic heterocycles. The van der Waals surface area contributed by atoms with Crippen molar-refractivity contribution >= 4 is 40.5 Å². The Bertz CT molecular complexity index is 775. The lowest BCUT2D eigenvalue weighted by atomic mass is 10.2. The third kappa shape index (κ3) is 4.04. The van der Waals surface area contributed by atoms with Crippen LogP contribution in [0.2, 0.25) is 5.02 Å². The van der Waals surface area contributed by atoms with E-state index in [1.54, 1.807) is 25.1 Å². The van der Waals surface area contributed by atoms with Gasteiger partial charge in [-0.3, -0.25) is 19.7 Å². The van der Waals surface area contributed by atoms with Gasteiger partial charge in [-0.1, -0.05) is 17.7 Å². The first kappa shape index (κ1) is 16.4. The van der Waals surface area contributed by atoms with Crippen molar-refractivity contribution in [1.82, 2.24) is 0 Å². The van der Waals surface area contributed by atoms with E-state index in [9.17, 15) is 19.7 Å². The summed E-state index contributed by atoms with van der Waals surface area (Å²) >= 11 is 5.94. The molecular weight excluding hydrogens is 322 g/mol. The summed E-state index contributed by atoms with van der Waals surface area (Å²) in [4.78, 5) is 33.7. The highest BCUT2D eigenvalue weighted by Crippen LogP contribution is 2.23. The van der Waals surface area contributed by atoms with Crippen LogP contribution in [0.4, 0.5) is 17.1 Å². The molecule has 2 aromatic carbocycles. The van der Waals surface area contributed by atoms with Crippen LogP contribution < -0.4 is 10.6 Å². The Hall–Kier alpha value is -2.93. The molecule has 2 N–H and O–H groups in total. The minimum atomic E-state index is -0.891. The maximum atomic E-state index is 11.9. The highest BCUT2D eigenvalue weighted by Gasteiger charge is 2.16. The third-order valence-corrected chi connectivity index (χ3v) is 3.47. The SMILES string of the molecule is Cc1c(Cl)cccc1NC(=O)C(=O)Nc1ccc([N+](=O)[O-])cc1. The Morgan fingerprint density at radius 1 is 1.04 bits per heavy atom. The molecule has 0 fully saturated rings. The lowest BCUT2D eigenvalue weighted by Gasteiger charge is -2.09. The van der Waals surface area contributed by atoms with Crippen LogP contribution in [0.25, 0.3) is 0 Å². The summed E-state index contributed by atoms with van der Waals surface area (Å²) < 4.78 is 0. The molecule has 0 unspecified atom stereocenters. The van der Waals surface area contributed by atoms with Gasteiger partial charge in [-0.05, 0) is 36.8 Å². The average molecular weight is 334 g/mol. The Morgan fingerprint density at radius 2 is 1.65 bits per heavy atom. The van der Waals surface area contributed by atoms with E-state index in [4.69, 9.17) is 11.6 Å². The van der Waals surface area contributed by atoms with Crippen molar-refractivity contribution in [2.45, 2.75) is 6.92 Å². The molecule has 0 spiro atoms. The molecule has 0 atom stereocenters. The summed E-state index contributed by atoms with van der Waals surface area (Å²) in [5.74, 6) is -1.76. The Morgan fingerprint density at radius 3 is 2.26 bits per heavy atom. The van der Waals surface area contributed by atoms with Gasteiger partial charge >= 0.3 is 11.8 Å². The molecule has 0 heterocycles. The van der Waals surface area contributed by atoms with Gasteiger partial charge < -0.3 is 10.6 Å². The third-order valence-electron chi connectivity index (χ3n) is 3.06. The van der Waals surface area contributed by atoms with E-state index in [-0.39, 0.29) is 11.4 Å². The number of nitro groups is 1. The summed E-state index contributed by atoms with van der Waals surface area (Å²) in [7, 11) is 0. The summed E-state index contributed by atoms with van der Waals surface area (Å²) in [6, 6.07) is 10.1. The molecule has 0 saturated heterocycles. The molecule has 0 aliphatic rings. The van der Waals surface area contributed by atoms with E-state index >= 15 is 0 Å². The number of rotatable bonds is 3. The lowest BCUT2D eigenvalue weighted by Crippen LogP contribution is -2.29. The van der Waals surface area contributed by atoms with Crippen molar-refractivity contribution in [3.63, 3.8) is 0 Å². The quantitative estimate of drug-likeness (QED) is 0.511. The minimum absolute atomic E-state index is 0.109. The molecule has 2 aromatic rings. The summed E-state index contributed by atoms with van der Waals surface area (Å²) in [5, 5.41) is 15.8. The van der Waals surface area contributed by atoms with Gasteiger partial charge in [-0.25, -0.2) is 0 Å². The first-order valence-corrected chi connectivity index (χ1v) is 6.88. The predicted molar refractivity (Wildman–Crippen MR) is 86.5 cm³/mol. The van der Waals surface area contributed by atoms with E-state index in [2.05, 4.69) is 10.6 Å². The number of carbonyl (C=O) groups excluding carboxylic acids is 2. The van der Waals surface area contributed by atoms with Gasteiger partial charge in [0.05, 0.1) is 4.92 Å². The van der Waals surface area contributed by atoms with Crippen LogP contribution in [-0.4, -0.2) is 16.7 Å². The maximum Gasteiger partial charge on any atom is 0.314 e. The molecule has 0 radical (unpaired) electrons. The number of nitro benzene ring substituents is 1. The van der Waals surface area contributed by atoms with Crippen molar-refractivity contribution < 1.29 is 14.5 Å². The van der Waals surface area contributed by atoms with Crippen molar-refractivity contribution in [2.75, 3.05) is 10.6 Å². The normalized spacial score (nSPS) is 10.0. The number of non-ortho nitro benzene ring substituents is 1. The van der Waals surface area contributed by atoms with E-state index in [0.29, 0.717) is 16.3 Å². The second kappa shape index (κ2) is 6.89. The number of anilines is 2. The molecule has 8 heteroatoms. The minimum Gasteiger partial charge on any atom is -0.318 e. The molecule has 2 rings (SSSR count). The summed E-state index contributed by atoms with van der Waals surface area (Å²) in [5.41, 5.74) is 1.24. The van der Waals surface area contributed by atoms with Crippen LogP contribution in [-0.2, 0) is 9.59 Å². The van der Waals surface area contributed by atoms with Crippen LogP contribution in [0.3, 0.4) is 0 Å². The number of halogens is 1. The molecule has 0 saturated carbocycles. The highest BCUT2D eigenvalue weighted by atomic mass is 35.5. The zero-order chi connectivity index (χ0) is 17.0. The smallest absolute Gasteiger partial charge is 0.314 e. The summed E-state index contributed by atoms with van der Waals surface area (Å²) in [6.07, 6.45) is 0. The number of amides is 2. The standard InChI is InChI=1S/C15H12ClN3O4/c1-9-12(16)3-2-4-13(9)18-15(21)14(20)17-10-5-7-11(8-6-10)19(22)23/h2-8H,1H3,(H,17,20)(H,18,21). The fourth-order valence-corrected chi connectivity index (χ4v) is 1.95. The fourth-order valence-electron chi connectivity index (χ4n) is 1.78. The first-order valence-electron chi connectivity index (χ1n) is 6.50. The van der Waals surface area contributed by atoms with Crippen molar-refractivity contribution in [1.29, 1.82) is 0 Å². The maximum absolute atomic E-state index is 11.9. The molecule has 118 valence electrons. The number of hydrogen-bond donors (Lipinski definition) is 2. The van der Waals surface area contributed by atoms with Gasteiger partial charge in [0.25, 0.3) is 5.69 Å². The Labute approximate surface area is 136 Å². The largest absolute Gasteiger partial charge is 0.318 e. The van der Waals surface area contributed by atoms with Gasteiger partial charge in [0.1, 0.15) is 0 Å². The number of hydrogen-bond acceptors (Lipinski definition) is 4. The first-order chi connectivity index (χ1) is 10.9. The molecule has 2 amide bonds. The van der Waals surface area contributed by atoms with E-state index in [0.717, 1.165) is 0 Å². The number of nitrogens with one attached hydrogen (secondary N) is 2. The fraction of sp³-hybridized carbons (Fsp3) is 0.0667. The van der Waals surface area contributed by atoms with Gasteiger partial charge in [0, 0.05) is 28.5 Å². The highest BCUT2D eigenvalue weighted by molar-refractivity contribution is 6.44.